The maximum absolute atomic E-state index is 11.9. The SMILES string of the molecule is O=S(=O)(NCCc1cc[nH]c1)c1ccc(Br)cc1. The quantitative estimate of drug-likeness (QED) is 0.884. The van der Waals surface area contributed by atoms with Crippen LogP contribution in [0, 0.1) is 0 Å². The van der Waals surface area contributed by atoms with Gasteiger partial charge in [-0.05, 0) is 42.3 Å². The molecule has 1 aromatic heterocycles. The lowest BCUT2D eigenvalue weighted by atomic mass is 10.2. The Labute approximate surface area is 115 Å². The van der Waals surface area contributed by atoms with Gasteiger partial charge in [0.2, 0.25) is 10.0 Å². The fourth-order valence-corrected chi connectivity index (χ4v) is 2.84. The van der Waals surface area contributed by atoms with Crippen LogP contribution in [0.2, 0.25) is 0 Å². The Bertz CT molecular complexity index is 592. The highest BCUT2D eigenvalue weighted by atomic mass is 79.9. The monoisotopic (exact) mass is 328 g/mol. The molecule has 0 saturated heterocycles. The first-order valence-electron chi connectivity index (χ1n) is 5.45. The van der Waals surface area contributed by atoms with Crippen molar-refractivity contribution in [1.29, 1.82) is 0 Å². The molecule has 0 saturated carbocycles. The fraction of sp³-hybridized carbons (Fsp3) is 0.167. The number of aromatic amines is 1. The Morgan fingerprint density at radius 3 is 2.50 bits per heavy atom. The van der Waals surface area contributed by atoms with E-state index in [1.807, 2.05) is 18.5 Å². The van der Waals surface area contributed by atoms with Crippen molar-refractivity contribution < 1.29 is 8.42 Å². The zero-order valence-corrected chi connectivity index (χ0v) is 12.0. The van der Waals surface area contributed by atoms with Crippen LogP contribution in [0.1, 0.15) is 5.56 Å². The van der Waals surface area contributed by atoms with Crippen LogP contribution in [-0.2, 0) is 16.4 Å². The number of halogens is 1. The molecule has 2 aromatic rings. The predicted octanol–water partition coefficient (Wildman–Crippen LogP) is 2.30. The van der Waals surface area contributed by atoms with Crippen molar-refractivity contribution in [1.82, 2.24) is 9.71 Å². The van der Waals surface area contributed by atoms with E-state index in [-0.39, 0.29) is 4.90 Å². The van der Waals surface area contributed by atoms with Crippen molar-refractivity contribution in [2.45, 2.75) is 11.3 Å². The largest absolute Gasteiger partial charge is 0.367 e. The molecule has 1 heterocycles. The average molecular weight is 329 g/mol. The van der Waals surface area contributed by atoms with Gasteiger partial charge < -0.3 is 4.98 Å². The molecule has 0 aliphatic heterocycles. The molecule has 2 N–H and O–H groups in total. The second-order valence-corrected chi connectivity index (χ2v) is 6.50. The van der Waals surface area contributed by atoms with Crippen LogP contribution >= 0.6 is 15.9 Å². The Morgan fingerprint density at radius 2 is 1.89 bits per heavy atom. The van der Waals surface area contributed by atoms with E-state index >= 15 is 0 Å². The van der Waals surface area contributed by atoms with Crippen molar-refractivity contribution in [3.8, 4) is 0 Å². The van der Waals surface area contributed by atoms with Crippen molar-refractivity contribution in [2.75, 3.05) is 6.54 Å². The molecule has 0 aliphatic carbocycles. The zero-order valence-electron chi connectivity index (χ0n) is 9.56. The van der Waals surface area contributed by atoms with Crippen molar-refractivity contribution >= 4 is 26.0 Å². The number of nitrogens with one attached hydrogen (secondary N) is 2. The van der Waals surface area contributed by atoms with Gasteiger partial charge in [-0.3, -0.25) is 0 Å². The lowest BCUT2D eigenvalue weighted by molar-refractivity contribution is 0.581. The molecule has 4 nitrogen and oxygen atoms in total. The maximum atomic E-state index is 11.9. The first-order chi connectivity index (χ1) is 8.58. The number of aromatic nitrogens is 1. The third kappa shape index (κ3) is 3.44. The van der Waals surface area contributed by atoms with Crippen molar-refractivity contribution in [2.24, 2.45) is 0 Å². The summed E-state index contributed by atoms with van der Waals surface area (Å²) in [5.41, 5.74) is 1.08. The van der Waals surface area contributed by atoms with Crippen molar-refractivity contribution in [3.05, 3.63) is 52.8 Å². The van der Waals surface area contributed by atoms with E-state index in [1.165, 1.54) is 0 Å². The molecule has 0 fully saturated rings. The average Bonchev–Trinajstić information content (AvgIpc) is 2.82. The summed E-state index contributed by atoms with van der Waals surface area (Å²) in [6.45, 7) is 0.385. The molecule has 1 aromatic carbocycles. The van der Waals surface area contributed by atoms with E-state index in [0.717, 1.165) is 10.0 Å². The van der Waals surface area contributed by atoms with Gasteiger partial charge in [0, 0.05) is 23.4 Å². The molecular weight excluding hydrogens is 316 g/mol. The van der Waals surface area contributed by atoms with Crippen LogP contribution in [-0.4, -0.2) is 19.9 Å². The molecule has 0 unspecified atom stereocenters. The third-order valence-corrected chi connectivity index (χ3v) is 4.50. The second kappa shape index (κ2) is 5.69. The van der Waals surface area contributed by atoms with Gasteiger partial charge in [-0.1, -0.05) is 15.9 Å². The van der Waals surface area contributed by atoms with Crippen LogP contribution in [0.5, 0.6) is 0 Å². The summed E-state index contributed by atoms with van der Waals surface area (Å²) in [7, 11) is -3.41. The molecule has 0 amide bonds. The Kier molecular flexibility index (Phi) is 4.21. The highest BCUT2D eigenvalue weighted by Crippen LogP contribution is 2.14. The van der Waals surface area contributed by atoms with Gasteiger partial charge in [-0.15, -0.1) is 0 Å². The molecule has 96 valence electrons. The molecule has 0 atom stereocenters. The van der Waals surface area contributed by atoms with Gasteiger partial charge in [-0.25, -0.2) is 13.1 Å². The molecule has 0 aliphatic rings. The summed E-state index contributed by atoms with van der Waals surface area (Å²) in [6.07, 6.45) is 4.34. The highest BCUT2D eigenvalue weighted by molar-refractivity contribution is 9.10. The Hall–Kier alpha value is -1.11. The number of sulfonamides is 1. The number of hydrogen-bond donors (Lipinski definition) is 2. The van der Waals surface area contributed by atoms with E-state index in [2.05, 4.69) is 25.6 Å². The van der Waals surface area contributed by atoms with Crippen LogP contribution in [0.15, 0.2) is 52.1 Å². The first kappa shape index (κ1) is 13.3. The lowest BCUT2D eigenvalue weighted by Gasteiger charge is -2.06. The molecule has 0 spiro atoms. The minimum atomic E-state index is -3.41. The summed E-state index contributed by atoms with van der Waals surface area (Å²) in [4.78, 5) is 3.21. The number of benzene rings is 1. The van der Waals surface area contributed by atoms with Crippen LogP contribution in [0.3, 0.4) is 0 Å². The number of rotatable bonds is 5. The third-order valence-electron chi connectivity index (χ3n) is 2.49. The fourth-order valence-electron chi connectivity index (χ4n) is 1.54. The molecule has 6 heteroatoms. The molecule has 0 radical (unpaired) electrons. The van der Waals surface area contributed by atoms with Gasteiger partial charge in [-0.2, -0.15) is 0 Å². The number of hydrogen-bond acceptors (Lipinski definition) is 2. The molecular formula is C12H13BrN2O2S. The second-order valence-electron chi connectivity index (χ2n) is 3.82. The minimum Gasteiger partial charge on any atom is -0.367 e. The van der Waals surface area contributed by atoms with E-state index in [9.17, 15) is 8.42 Å². The van der Waals surface area contributed by atoms with Crippen LogP contribution in [0.4, 0.5) is 0 Å². The van der Waals surface area contributed by atoms with Gasteiger partial charge in [0.15, 0.2) is 0 Å². The lowest BCUT2D eigenvalue weighted by Crippen LogP contribution is -2.25. The Balaban J connectivity index is 1.97. The van der Waals surface area contributed by atoms with Gasteiger partial charge in [0.1, 0.15) is 0 Å². The minimum absolute atomic E-state index is 0.278. The van der Waals surface area contributed by atoms with Crippen LogP contribution < -0.4 is 4.72 Å². The topological polar surface area (TPSA) is 62.0 Å². The predicted molar refractivity (Wildman–Crippen MR) is 73.8 cm³/mol. The van der Waals surface area contributed by atoms with E-state index in [4.69, 9.17) is 0 Å². The normalized spacial score (nSPS) is 11.6. The maximum Gasteiger partial charge on any atom is 0.240 e. The molecule has 18 heavy (non-hydrogen) atoms. The van der Waals surface area contributed by atoms with E-state index in [0.29, 0.717) is 13.0 Å². The van der Waals surface area contributed by atoms with Gasteiger partial charge >= 0.3 is 0 Å². The summed E-state index contributed by atoms with van der Waals surface area (Å²) < 4.78 is 27.3. The number of H-pyrrole nitrogens is 1. The van der Waals surface area contributed by atoms with Crippen LogP contribution in [0.25, 0.3) is 0 Å². The van der Waals surface area contributed by atoms with Gasteiger partial charge in [0.25, 0.3) is 0 Å². The summed E-state index contributed by atoms with van der Waals surface area (Å²) >= 11 is 3.27. The smallest absolute Gasteiger partial charge is 0.240 e. The first-order valence-corrected chi connectivity index (χ1v) is 7.72. The zero-order chi connectivity index (χ0) is 13.0. The Morgan fingerprint density at radius 1 is 1.17 bits per heavy atom. The highest BCUT2D eigenvalue weighted by Gasteiger charge is 2.12. The van der Waals surface area contributed by atoms with Gasteiger partial charge in [0.05, 0.1) is 4.90 Å². The molecule has 2 rings (SSSR count). The summed E-state index contributed by atoms with van der Waals surface area (Å²) in [6, 6.07) is 8.49. The van der Waals surface area contributed by atoms with Crippen molar-refractivity contribution in [3.63, 3.8) is 0 Å². The van der Waals surface area contributed by atoms with E-state index < -0.39 is 10.0 Å². The van der Waals surface area contributed by atoms with E-state index in [1.54, 1.807) is 24.3 Å². The molecule has 0 bridgehead atoms. The summed E-state index contributed by atoms with van der Waals surface area (Å²) in [5.74, 6) is 0. The summed E-state index contributed by atoms with van der Waals surface area (Å²) in [5, 5.41) is 0. The standard InChI is InChI=1S/C12H13BrN2O2S/c13-11-1-3-12(4-2-11)18(16,17)15-8-6-10-5-7-14-9-10/h1-5,7,9,14-15H,6,8H2.